The summed E-state index contributed by atoms with van der Waals surface area (Å²) in [5.41, 5.74) is -1.30. The third kappa shape index (κ3) is 3.08. The number of pyridine rings is 1. The average Bonchev–Trinajstić information content (AvgIpc) is 2.89. The molecule has 1 atom stereocenters. The first-order valence-electron chi connectivity index (χ1n) is 6.84. The minimum Gasteiger partial charge on any atom is -0.310 e. The van der Waals surface area contributed by atoms with Gasteiger partial charge in [0, 0.05) is 31.4 Å². The third-order valence-electron chi connectivity index (χ3n) is 3.59. The number of aromatic nitrogens is 3. The van der Waals surface area contributed by atoms with E-state index in [0.29, 0.717) is 6.20 Å². The van der Waals surface area contributed by atoms with Crippen molar-refractivity contribution < 1.29 is 26.7 Å². The van der Waals surface area contributed by atoms with Gasteiger partial charge < -0.3 is 5.32 Å². The van der Waals surface area contributed by atoms with Crippen molar-refractivity contribution in [3.05, 3.63) is 30.1 Å². The van der Waals surface area contributed by atoms with E-state index >= 15 is 0 Å². The van der Waals surface area contributed by atoms with Gasteiger partial charge in [-0.25, -0.2) is 13.8 Å². The van der Waals surface area contributed by atoms with Gasteiger partial charge in [-0.1, -0.05) is 0 Å². The summed E-state index contributed by atoms with van der Waals surface area (Å²) in [6, 6.07) is 2.34. The van der Waals surface area contributed by atoms with Crippen LogP contribution in [0.15, 0.2) is 24.5 Å². The zero-order chi connectivity index (χ0) is 17.7. The maximum absolute atomic E-state index is 13.1. The van der Waals surface area contributed by atoms with Crippen molar-refractivity contribution >= 4 is 11.7 Å². The van der Waals surface area contributed by atoms with Crippen LogP contribution in [-0.4, -0.2) is 26.6 Å². The van der Waals surface area contributed by atoms with E-state index in [4.69, 9.17) is 0 Å². The molecule has 5 nitrogen and oxygen atoms in total. The predicted octanol–water partition coefficient (Wildman–Crippen LogP) is 3.09. The highest BCUT2D eigenvalue weighted by Gasteiger charge is 2.61. The minimum atomic E-state index is -4.67. The maximum atomic E-state index is 13.1. The average molecular weight is 346 g/mol. The number of halogens is 5. The van der Waals surface area contributed by atoms with E-state index in [-0.39, 0.29) is 17.1 Å². The number of hydrogen-bond acceptors (Lipinski definition) is 3. The molecule has 0 spiro atoms. The van der Waals surface area contributed by atoms with Gasteiger partial charge in [-0.05, 0) is 12.1 Å². The number of nitrogens with zero attached hydrogens (tertiary/aromatic N) is 3. The van der Waals surface area contributed by atoms with Crippen molar-refractivity contribution in [1.29, 1.82) is 0 Å². The molecule has 0 unspecified atom stereocenters. The van der Waals surface area contributed by atoms with Gasteiger partial charge in [-0.3, -0.25) is 9.48 Å². The Morgan fingerprint density at radius 3 is 2.58 bits per heavy atom. The molecule has 1 amide bonds. The molecule has 0 radical (unpaired) electrons. The number of nitrogens with one attached hydrogen (secondary N) is 1. The Balaban J connectivity index is 1.94. The highest BCUT2D eigenvalue weighted by molar-refractivity contribution is 5.95. The van der Waals surface area contributed by atoms with Gasteiger partial charge in [0.05, 0.1) is 11.3 Å². The van der Waals surface area contributed by atoms with Crippen LogP contribution in [0.1, 0.15) is 12.0 Å². The summed E-state index contributed by atoms with van der Waals surface area (Å²) in [6.07, 6.45) is -3.25. The van der Waals surface area contributed by atoms with Crippen molar-refractivity contribution in [3.63, 3.8) is 0 Å². The highest BCUT2D eigenvalue weighted by Crippen LogP contribution is 2.49. The van der Waals surface area contributed by atoms with E-state index in [9.17, 15) is 26.7 Å². The zero-order valence-corrected chi connectivity index (χ0v) is 12.2. The lowest BCUT2D eigenvalue weighted by Gasteiger charge is -2.13. The Morgan fingerprint density at radius 1 is 1.42 bits per heavy atom. The molecule has 1 N–H and O–H groups in total. The second-order valence-corrected chi connectivity index (χ2v) is 5.49. The van der Waals surface area contributed by atoms with Gasteiger partial charge in [-0.15, -0.1) is 0 Å². The van der Waals surface area contributed by atoms with Crippen LogP contribution < -0.4 is 5.32 Å². The minimum absolute atomic E-state index is 0.0273. The van der Waals surface area contributed by atoms with Gasteiger partial charge in [0.25, 0.3) is 5.92 Å². The van der Waals surface area contributed by atoms with Crippen LogP contribution in [0.2, 0.25) is 0 Å². The summed E-state index contributed by atoms with van der Waals surface area (Å²) in [7, 11) is 1.54. The van der Waals surface area contributed by atoms with Crippen LogP contribution in [-0.2, 0) is 18.0 Å². The standard InChI is InChI=1S/C14H11F5N4O/c1-23-3-2-10(22-23)7-4-11(20-6-9(7)14(17,18)19)21-12(24)8-5-13(8,15)16/h2-4,6,8H,5H2,1H3,(H,20,21,24)/t8-/m1/s1. The smallest absolute Gasteiger partial charge is 0.310 e. The topological polar surface area (TPSA) is 59.8 Å². The van der Waals surface area contributed by atoms with E-state index in [1.165, 1.54) is 24.0 Å². The normalized spacial score (nSPS) is 19.2. The lowest BCUT2D eigenvalue weighted by atomic mass is 10.1. The fourth-order valence-corrected chi connectivity index (χ4v) is 2.23. The second kappa shape index (κ2) is 5.25. The Bertz CT molecular complexity index is 799. The van der Waals surface area contributed by atoms with Crippen molar-refractivity contribution in [3.8, 4) is 11.3 Å². The zero-order valence-electron chi connectivity index (χ0n) is 12.2. The monoisotopic (exact) mass is 346 g/mol. The Labute approximate surface area is 132 Å². The summed E-state index contributed by atoms with van der Waals surface area (Å²) in [5.74, 6) is -5.75. The van der Waals surface area contributed by atoms with Gasteiger partial charge in [-0.2, -0.15) is 18.3 Å². The SMILES string of the molecule is Cn1ccc(-c2cc(NC(=O)[C@H]3CC3(F)F)ncc2C(F)(F)F)n1. The molecule has 1 aliphatic carbocycles. The Morgan fingerprint density at radius 2 is 2.08 bits per heavy atom. The van der Waals surface area contributed by atoms with Crippen LogP contribution >= 0.6 is 0 Å². The summed E-state index contributed by atoms with van der Waals surface area (Å²) in [6.45, 7) is 0. The second-order valence-electron chi connectivity index (χ2n) is 5.49. The maximum Gasteiger partial charge on any atom is 0.418 e. The first kappa shape index (κ1) is 16.3. The summed E-state index contributed by atoms with van der Waals surface area (Å²) >= 11 is 0. The summed E-state index contributed by atoms with van der Waals surface area (Å²) in [5, 5.41) is 6.03. The molecule has 1 fully saturated rings. The molecule has 24 heavy (non-hydrogen) atoms. The molecule has 2 heterocycles. The molecule has 1 aliphatic rings. The third-order valence-corrected chi connectivity index (χ3v) is 3.59. The van der Waals surface area contributed by atoms with E-state index < -0.39 is 35.9 Å². The summed E-state index contributed by atoms with van der Waals surface area (Å²) < 4.78 is 66.4. The number of anilines is 1. The predicted molar refractivity (Wildman–Crippen MR) is 73.1 cm³/mol. The van der Waals surface area contributed by atoms with Crippen LogP contribution in [0, 0.1) is 5.92 Å². The molecule has 0 aromatic carbocycles. The number of rotatable bonds is 3. The number of carbonyl (C=O) groups excluding carboxylic acids is 1. The molecule has 0 bridgehead atoms. The Hall–Kier alpha value is -2.52. The largest absolute Gasteiger partial charge is 0.418 e. The lowest BCUT2D eigenvalue weighted by Crippen LogP contribution is -2.19. The molecule has 2 aromatic rings. The van der Waals surface area contributed by atoms with Gasteiger partial charge >= 0.3 is 6.18 Å². The summed E-state index contributed by atoms with van der Waals surface area (Å²) in [4.78, 5) is 15.2. The molecule has 0 saturated heterocycles. The van der Waals surface area contributed by atoms with Crippen molar-refractivity contribution in [2.45, 2.75) is 18.5 Å². The number of aryl methyl sites for hydroxylation is 1. The fraction of sp³-hybridized carbons (Fsp3) is 0.357. The Kier molecular flexibility index (Phi) is 3.57. The molecule has 1 saturated carbocycles. The number of carbonyl (C=O) groups is 1. The van der Waals surface area contributed by atoms with E-state index in [1.807, 2.05) is 0 Å². The quantitative estimate of drug-likeness (QED) is 0.869. The van der Waals surface area contributed by atoms with Crippen molar-refractivity contribution in [1.82, 2.24) is 14.8 Å². The van der Waals surface area contributed by atoms with E-state index in [0.717, 1.165) is 6.07 Å². The van der Waals surface area contributed by atoms with E-state index in [2.05, 4.69) is 15.4 Å². The molecular weight excluding hydrogens is 335 g/mol. The van der Waals surface area contributed by atoms with Gasteiger partial charge in [0.1, 0.15) is 11.7 Å². The number of amides is 1. The molecule has 0 aliphatic heterocycles. The van der Waals surface area contributed by atoms with Crippen LogP contribution in [0.5, 0.6) is 0 Å². The fourth-order valence-electron chi connectivity index (χ4n) is 2.23. The molecule has 3 rings (SSSR count). The van der Waals surface area contributed by atoms with Crippen LogP contribution in [0.3, 0.4) is 0 Å². The first-order valence-corrected chi connectivity index (χ1v) is 6.84. The molecule has 2 aromatic heterocycles. The molecular formula is C14H11F5N4O. The van der Waals surface area contributed by atoms with Crippen LogP contribution in [0.25, 0.3) is 11.3 Å². The first-order chi connectivity index (χ1) is 11.1. The number of hydrogen-bond donors (Lipinski definition) is 1. The molecule has 10 heteroatoms. The highest BCUT2D eigenvalue weighted by atomic mass is 19.4. The van der Waals surface area contributed by atoms with Crippen molar-refractivity contribution in [2.75, 3.05) is 5.32 Å². The van der Waals surface area contributed by atoms with Crippen molar-refractivity contribution in [2.24, 2.45) is 13.0 Å². The lowest BCUT2D eigenvalue weighted by molar-refractivity contribution is -0.137. The van der Waals surface area contributed by atoms with Gasteiger partial charge in [0.15, 0.2) is 0 Å². The number of alkyl halides is 5. The molecule has 128 valence electrons. The van der Waals surface area contributed by atoms with Gasteiger partial charge in [0.2, 0.25) is 5.91 Å². The van der Waals surface area contributed by atoms with Crippen LogP contribution in [0.4, 0.5) is 27.8 Å². The van der Waals surface area contributed by atoms with E-state index in [1.54, 1.807) is 0 Å².